The van der Waals surface area contributed by atoms with Crippen LogP contribution >= 0.6 is 0 Å². The molecule has 0 saturated heterocycles. The molecule has 0 spiro atoms. The average molecular weight is 206 g/mol. The van der Waals surface area contributed by atoms with Gasteiger partial charge < -0.3 is 4.90 Å². The summed E-state index contributed by atoms with van der Waals surface area (Å²) in [5.74, 6) is 0. The van der Waals surface area contributed by atoms with E-state index in [0.717, 1.165) is 19.4 Å². The Hall–Kier alpha value is -1.25. The lowest BCUT2D eigenvalue weighted by Gasteiger charge is -2.19. The summed E-state index contributed by atoms with van der Waals surface area (Å²) in [6.45, 7) is 7.06. The summed E-state index contributed by atoms with van der Waals surface area (Å²) in [5, 5.41) is 0. The zero-order valence-electron chi connectivity index (χ0n) is 9.66. The second kappa shape index (κ2) is 3.72. The topological polar surface area (TPSA) is 25.2 Å². The van der Waals surface area contributed by atoms with Gasteiger partial charge in [0.25, 0.3) is 0 Å². The fourth-order valence-electron chi connectivity index (χ4n) is 2.13. The molecule has 0 saturated carbocycles. The first-order valence-corrected chi connectivity index (χ1v) is 5.65. The third-order valence-corrected chi connectivity index (χ3v) is 3.00. The Kier molecular flexibility index (Phi) is 2.55. The van der Waals surface area contributed by atoms with E-state index in [9.17, 15) is 4.79 Å². The van der Waals surface area contributed by atoms with Crippen LogP contribution in [0.2, 0.25) is 0 Å². The van der Waals surface area contributed by atoms with E-state index in [4.69, 9.17) is 0 Å². The van der Waals surface area contributed by atoms with Gasteiger partial charge in [0.1, 0.15) is 0 Å². The maximum Gasteiger partial charge on any atom is 0.329 e. The van der Waals surface area contributed by atoms with Gasteiger partial charge in [-0.15, -0.1) is 0 Å². The normalized spacial score (nSPS) is 15.2. The minimum Gasteiger partial charge on any atom is -0.316 e. The van der Waals surface area contributed by atoms with Crippen LogP contribution in [0.4, 0.5) is 4.79 Å². The maximum atomic E-state index is 11.9. The van der Waals surface area contributed by atoms with Crippen LogP contribution in [0, 0.1) is 0 Å². The van der Waals surface area contributed by atoms with E-state index in [1.807, 2.05) is 11.1 Å². The Morgan fingerprint density at radius 1 is 1.47 bits per heavy atom. The highest BCUT2D eigenvalue weighted by molar-refractivity contribution is 5.81. The number of aromatic nitrogens is 1. The SMILES string of the molecule is CCCc1ccn2c1CN(C(C)C)C2=O. The zero-order valence-corrected chi connectivity index (χ0v) is 9.66. The van der Waals surface area contributed by atoms with Crippen LogP contribution in [-0.4, -0.2) is 21.5 Å². The lowest BCUT2D eigenvalue weighted by molar-refractivity contribution is 0.195. The molecule has 15 heavy (non-hydrogen) atoms. The molecule has 1 aromatic heterocycles. The Bertz CT molecular complexity index is 379. The summed E-state index contributed by atoms with van der Waals surface area (Å²) in [4.78, 5) is 13.9. The second-order valence-corrected chi connectivity index (χ2v) is 4.41. The molecule has 0 aliphatic carbocycles. The van der Waals surface area contributed by atoms with Gasteiger partial charge in [0, 0.05) is 17.9 Å². The lowest BCUT2D eigenvalue weighted by atomic mass is 10.1. The van der Waals surface area contributed by atoms with Crippen molar-refractivity contribution in [3.63, 3.8) is 0 Å². The fourth-order valence-corrected chi connectivity index (χ4v) is 2.13. The lowest BCUT2D eigenvalue weighted by Crippen LogP contribution is -2.32. The van der Waals surface area contributed by atoms with Gasteiger partial charge >= 0.3 is 6.03 Å². The van der Waals surface area contributed by atoms with Crippen LogP contribution in [0.5, 0.6) is 0 Å². The summed E-state index contributed by atoms with van der Waals surface area (Å²) < 4.78 is 1.80. The zero-order chi connectivity index (χ0) is 11.0. The van der Waals surface area contributed by atoms with E-state index < -0.39 is 0 Å². The molecule has 0 fully saturated rings. The molecule has 1 amide bonds. The van der Waals surface area contributed by atoms with Gasteiger partial charge in [0.15, 0.2) is 0 Å². The number of hydrogen-bond donors (Lipinski definition) is 0. The minimum atomic E-state index is 0.127. The largest absolute Gasteiger partial charge is 0.329 e. The van der Waals surface area contributed by atoms with Gasteiger partial charge in [-0.1, -0.05) is 13.3 Å². The molecule has 0 aromatic carbocycles. The standard InChI is InChI=1S/C12H18N2O/c1-4-5-10-6-7-13-11(10)8-14(9(2)3)12(13)15/h6-7,9H,4-5,8H2,1-3H3. The summed E-state index contributed by atoms with van der Waals surface area (Å²) in [6.07, 6.45) is 4.11. The molecule has 3 heteroatoms. The maximum absolute atomic E-state index is 11.9. The van der Waals surface area contributed by atoms with Gasteiger partial charge in [-0.2, -0.15) is 0 Å². The molecule has 0 N–H and O–H groups in total. The monoisotopic (exact) mass is 206 g/mol. The minimum absolute atomic E-state index is 0.127. The molecule has 2 rings (SSSR count). The first kappa shape index (κ1) is 10.3. The molecule has 0 atom stereocenters. The van der Waals surface area contributed by atoms with Gasteiger partial charge in [-0.05, 0) is 31.9 Å². The Balaban J connectivity index is 2.29. The van der Waals surface area contributed by atoms with Gasteiger partial charge in [0.2, 0.25) is 0 Å². The van der Waals surface area contributed by atoms with E-state index in [-0.39, 0.29) is 12.1 Å². The quantitative estimate of drug-likeness (QED) is 0.746. The van der Waals surface area contributed by atoms with Crippen molar-refractivity contribution >= 4 is 6.03 Å². The average Bonchev–Trinajstić information content (AvgIpc) is 2.69. The van der Waals surface area contributed by atoms with Crippen molar-refractivity contribution in [3.05, 3.63) is 23.5 Å². The predicted molar refractivity (Wildman–Crippen MR) is 59.9 cm³/mol. The number of carbonyl (C=O) groups is 1. The van der Waals surface area contributed by atoms with Crippen molar-refractivity contribution in [2.75, 3.05) is 0 Å². The molecule has 1 aliphatic rings. The first-order chi connectivity index (χ1) is 7.15. The Morgan fingerprint density at radius 2 is 2.20 bits per heavy atom. The van der Waals surface area contributed by atoms with Crippen LogP contribution in [0.15, 0.2) is 12.3 Å². The molecule has 1 aliphatic heterocycles. The number of hydrogen-bond acceptors (Lipinski definition) is 1. The third kappa shape index (κ3) is 1.56. The summed E-state index contributed by atoms with van der Waals surface area (Å²) in [7, 11) is 0. The Morgan fingerprint density at radius 3 is 2.80 bits per heavy atom. The molecule has 0 bridgehead atoms. The number of amides is 1. The van der Waals surface area contributed by atoms with Crippen LogP contribution in [-0.2, 0) is 13.0 Å². The first-order valence-electron chi connectivity index (χ1n) is 5.65. The van der Waals surface area contributed by atoms with E-state index in [1.165, 1.54) is 11.3 Å². The van der Waals surface area contributed by atoms with Gasteiger partial charge in [-0.25, -0.2) is 4.79 Å². The number of rotatable bonds is 3. The summed E-state index contributed by atoms with van der Waals surface area (Å²) in [6, 6.07) is 2.49. The van der Waals surface area contributed by atoms with Crippen molar-refractivity contribution < 1.29 is 4.79 Å². The molecule has 82 valence electrons. The van der Waals surface area contributed by atoms with Gasteiger partial charge in [0.05, 0.1) is 6.54 Å². The molecule has 0 unspecified atom stereocenters. The number of fused-ring (bicyclic) bond motifs is 1. The van der Waals surface area contributed by atoms with Crippen molar-refractivity contribution in [3.8, 4) is 0 Å². The molecule has 0 radical (unpaired) electrons. The van der Waals surface area contributed by atoms with Crippen molar-refractivity contribution in [2.45, 2.75) is 46.2 Å². The van der Waals surface area contributed by atoms with Crippen LogP contribution < -0.4 is 0 Å². The van der Waals surface area contributed by atoms with E-state index in [2.05, 4.69) is 26.8 Å². The summed E-state index contributed by atoms with van der Waals surface area (Å²) in [5.41, 5.74) is 2.52. The number of aryl methyl sites for hydroxylation is 1. The number of carbonyl (C=O) groups excluding carboxylic acids is 1. The Labute approximate surface area is 90.7 Å². The van der Waals surface area contributed by atoms with Gasteiger partial charge in [-0.3, -0.25) is 4.57 Å². The van der Waals surface area contributed by atoms with Crippen LogP contribution in [0.25, 0.3) is 0 Å². The highest BCUT2D eigenvalue weighted by Gasteiger charge is 2.29. The molecule has 2 heterocycles. The fraction of sp³-hybridized carbons (Fsp3) is 0.583. The number of nitrogens with zero attached hydrogens (tertiary/aromatic N) is 2. The highest BCUT2D eigenvalue weighted by atomic mass is 16.2. The molecule has 3 nitrogen and oxygen atoms in total. The smallest absolute Gasteiger partial charge is 0.316 e. The molecular weight excluding hydrogens is 188 g/mol. The van der Waals surface area contributed by atoms with Crippen molar-refractivity contribution in [1.29, 1.82) is 0 Å². The highest BCUT2D eigenvalue weighted by Crippen LogP contribution is 2.24. The van der Waals surface area contributed by atoms with E-state index in [1.54, 1.807) is 4.57 Å². The van der Waals surface area contributed by atoms with E-state index >= 15 is 0 Å². The van der Waals surface area contributed by atoms with E-state index in [0.29, 0.717) is 0 Å². The van der Waals surface area contributed by atoms with Crippen molar-refractivity contribution in [2.24, 2.45) is 0 Å². The summed E-state index contributed by atoms with van der Waals surface area (Å²) >= 11 is 0. The third-order valence-electron chi connectivity index (χ3n) is 3.00. The molecule has 1 aromatic rings. The predicted octanol–water partition coefficient (Wildman–Crippen LogP) is 2.63. The second-order valence-electron chi connectivity index (χ2n) is 4.41. The molecular formula is C12H18N2O. The van der Waals surface area contributed by atoms with Crippen molar-refractivity contribution in [1.82, 2.24) is 9.47 Å². The van der Waals surface area contributed by atoms with Crippen LogP contribution in [0.1, 0.15) is 38.4 Å². The van der Waals surface area contributed by atoms with Crippen LogP contribution in [0.3, 0.4) is 0 Å².